The van der Waals surface area contributed by atoms with E-state index in [1.807, 2.05) is 30.5 Å². The lowest BCUT2D eigenvalue weighted by atomic mass is 10.1. The van der Waals surface area contributed by atoms with Gasteiger partial charge in [0.25, 0.3) is 0 Å². The fourth-order valence-corrected chi connectivity index (χ4v) is 1.91. The summed E-state index contributed by atoms with van der Waals surface area (Å²) in [6.07, 6.45) is 1.85. The first-order chi connectivity index (χ1) is 9.08. The van der Waals surface area contributed by atoms with Crippen LogP contribution < -0.4 is 5.32 Å². The van der Waals surface area contributed by atoms with Crippen LogP contribution in [0.3, 0.4) is 0 Å². The van der Waals surface area contributed by atoms with E-state index in [4.69, 9.17) is 5.11 Å². The topological polar surface area (TPSA) is 82.2 Å². The van der Waals surface area contributed by atoms with Gasteiger partial charge in [0.05, 0.1) is 5.92 Å². The molecule has 0 radical (unpaired) electrons. The highest BCUT2D eigenvalue weighted by Crippen LogP contribution is 2.17. The molecule has 100 valence electrons. The zero-order chi connectivity index (χ0) is 13.8. The van der Waals surface area contributed by atoms with Crippen LogP contribution in [0.1, 0.15) is 18.9 Å². The van der Waals surface area contributed by atoms with E-state index in [0.29, 0.717) is 6.54 Å². The summed E-state index contributed by atoms with van der Waals surface area (Å²) in [6, 6.07) is 7.82. The Kier molecular flexibility index (Phi) is 3.85. The monoisotopic (exact) mass is 260 g/mol. The Morgan fingerprint density at radius 3 is 2.84 bits per heavy atom. The van der Waals surface area contributed by atoms with Crippen LogP contribution in [0.4, 0.5) is 0 Å². The minimum absolute atomic E-state index is 0.00229. The first-order valence-corrected chi connectivity index (χ1v) is 6.12. The van der Waals surface area contributed by atoms with E-state index in [1.165, 1.54) is 6.92 Å². The van der Waals surface area contributed by atoms with Gasteiger partial charge in [0.2, 0.25) is 5.91 Å². The zero-order valence-corrected chi connectivity index (χ0v) is 10.6. The summed E-state index contributed by atoms with van der Waals surface area (Å²) in [4.78, 5) is 25.4. The molecule has 0 saturated carbocycles. The molecular weight excluding hydrogens is 244 g/mol. The van der Waals surface area contributed by atoms with E-state index in [1.54, 1.807) is 0 Å². The van der Waals surface area contributed by atoms with Crippen molar-refractivity contribution in [2.45, 2.75) is 19.9 Å². The molecule has 0 fully saturated rings. The number of aromatic amines is 1. The molecule has 1 atom stereocenters. The maximum Gasteiger partial charge on any atom is 0.306 e. The normalized spacial score (nSPS) is 12.3. The predicted molar refractivity (Wildman–Crippen MR) is 71.6 cm³/mol. The van der Waals surface area contributed by atoms with Gasteiger partial charge >= 0.3 is 5.97 Å². The number of carboxylic acids is 1. The summed E-state index contributed by atoms with van der Waals surface area (Å²) in [5.41, 5.74) is 2.01. The number of benzene rings is 1. The van der Waals surface area contributed by atoms with Gasteiger partial charge < -0.3 is 15.4 Å². The third-order valence-electron chi connectivity index (χ3n) is 3.06. The second-order valence-corrected chi connectivity index (χ2v) is 4.58. The van der Waals surface area contributed by atoms with Gasteiger partial charge in [-0.05, 0) is 11.6 Å². The maximum absolute atomic E-state index is 11.6. The number of aliphatic carboxylic acids is 1. The van der Waals surface area contributed by atoms with Crippen LogP contribution in [-0.4, -0.2) is 22.0 Å². The van der Waals surface area contributed by atoms with E-state index >= 15 is 0 Å². The van der Waals surface area contributed by atoms with Crippen LogP contribution in [0, 0.1) is 5.92 Å². The van der Waals surface area contributed by atoms with Crippen molar-refractivity contribution in [1.29, 1.82) is 0 Å². The summed E-state index contributed by atoms with van der Waals surface area (Å²) in [5.74, 6) is -1.87. The molecule has 0 bridgehead atoms. The summed E-state index contributed by atoms with van der Waals surface area (Å²) < 4.78 is 0. The van der Waals surface area contributed by atoms with Crippen molar-refractivity contribution < 1.29 is 14.7 Å². The molecule has 0 aliphatic carbocycles. The fourth-order valence-electron chi connectivity index (χ4n) is 1.91. The summed E-state index contributed by atoms with van der Waals surface area (Å²) in [6.45, 7) is 1.92. The molecule has 0 spiro atoms. The lowest BCUT2D eigenvalue weighted by Gasteiger charge is -2.07. The largest absolute Gasteiger partial charge is 0.481 e. The number of carbonyl (C=O) groups is 2. The fraction of sp³-hybridized carbons (Fsp3) is 0.286. The molecule has 0 aliphatic rings. The standard InChI is InChI=1S/C14H16N2O3/c1-9(14(18)19)6-13(17)16-8-10-7-15-12-5-3-2-4-11(10)12/h2-5,7,9,15H,6,8H2,1H3,(H,16,17)(H,18,19). The summed E-state index contributed by atoms with van der Waals surface area (Å²) in [5, 5.41) is 12.5. The number of para-hydroxylation sites is 1. The van der Waals surface area contributed by atoms with Crippen LogP contribution in [-0.2, 0) is 16.1 Å². The van der Waals surface area contributed by atoms with E-state index in [-0.39, 0.29) is 12.3 Å². The summed E-state index contributed by atoms with van der Waals surface area (Å²) in [7, 11) is 0. The average Bonchev–Trinajstić information content (AvgIpc) is 2.79. The van der Waals surface area contributed by atoms with Gasteiger partial charge in [-0.15, -0.1) is 0 Å². The zero-order valence-electron chi connectivity index (χ0n) is 10.6. The molecule has 2 aromatic rings. The molecule has 2 rings (SSSR count). The number of hydrogen-bond donors (Lipinski definition) is 3. The van der Waals surface area contributed by atoms with Gasteiger partial charge in [-0.3, -0.25) is 9.59 Å². The van der Waals surface area contributed by atoms with Crippen LogP contribution in [0.25, 0.3) is 10.9 Å². The number of carboxylic acid groups (broad SMARTS) is 1. The van der Waals surface area contributed by atoms with Gasteiger partial charge in [0, 0.05) is 30.1 Å². The van der Waals surface area contributed by atoms with Gasteiger partial charge in [-0.25, -0.2) is 0 Å². The third kappa shape index (κ3) is 3.13. The Hall–Kier alpha value is -2.30. The lowest BCUT2D eigenvalue weighted by molar-refractivity contribution is -0.143. The van der Waals surface area contributed by atoms with E-state index < -0.39 is 11.9 Å². The number of amides is 1. The van der Waals surface area contributed by atoms with Crippen molar-refractivity contribution >= 4 is 22.8 Å². The summed E-state index contributed by atoms with van der Waals surface area (Å²) >= 11 is 0. The van der Waals surface area contributed by atoms with Gasteiger partial charge in [-0.2, -0.15) is 0 Å². The van der Waals surface area contributed by atoms with Crippen molar-refractivity contribution in [3.05, 3.63) is 36.0 Å². The number of rotatable bonds is 5. The Morgan fingerprint density at radius 2 is 2.11 bits per heavy atom. The van der Waals surface area contributed by atoms with Crippen LogP contribution in [0.2, 0.25) is 0 Å². The van der Waals surface area contributed by atoms with Crippen molar-refractivity contribution in [3.8, 4) is 0 Å². The Labute approximate surface area is 110 Å². The Balaban J connectivity index is 1.95. The molecule has 0 saturated heterocycles. The number of hydrogen-bond acceptors (Lipinski definition) is 2. The molecule has 19 heavy (non-hydrogen) atoms. The predicted octanol–water partition coefficient (Wildman–Crippen LogP) is 1.89. The highest BCUT2D eigenvalue weighted by molar-refractivity contribution is 5.85. The van der Waals surface area contributed by atoms with Crippen molar-refractivity contribution in [2.24, 2.45) is 5.92 Å². The van der Waals surface area contributed by atoms with Gasteiger partial charge in [0.15, 0.2) is 0 Å². The molecule has 1 aromatic heterocycles. The molecule has 5 heteroatoms. The molecule has 0 aliphatic heterocycles. The highest BCUT2D eigenvalue weighted by Gasteiger charge is 2.15. The highest BCUT2D eigenvalue weighted by atomic mass is 16.4. The van der Waals surface area contributed by atoms with Crippen LogP contribution >= 0.6 is 0 Å². The Morgan fingerprint density at radius 1 is 1.37 bits per heavy atom. The van der Waals surface area contributed by atoms with Crippen molar-refractivity contribution in [1.82, 2.24) is 10.3 Å². The van der Waals surface area contributed by atoms with E-state index in [0.717, 1.165) is 16.5 Å². The molecule has 1 aromatic carbocycles. The molecule has 3 N–H and O–H groups in total. The first-order valence-electron chi connectivity index (χ1n) is 6.12. The number of aromatic nitrogens is 1. The molecular formula is C14H16N2O3. The van der Waals surface area contributed by atoms with Gasteiger partial charge in [0.1, 0.15) is 0 Å². The van der Waals surface area contributed by atoms with Crippen LogP contribution in [0.15, 0.2) is 30.5 Å². The first kappa shape index (κ1) is 13.1. The minimum Gasteiger partial charge on any atom is -0.481 e. The quantitative estimate of drug-likeness (QED) is 0.767. The number of nitrogens with one attached hydrogen (secondary N) is 2. The van der Waals surface area contributed by atoms with Crippen LogP contribution in [0.5, 0.6) is 0 Å². The number of fused-ring (bicyclic) bond motifs is 1. The molecule has 1 unspecified atom stereocenters. The lowest BCUT2D eigenvalue weighted by Crippen LogP contribution is -2.26. The SMILES string of the molecule is CC(CC(=O)NCc1c[nH]c2ccccc12)C(=O)O. The number of H-pyrrole nitrogens is 1. The number of carbonyl (C=O) groups excluding carboxylic acids is 1. The minimum atomic E-state index is -0.956. The maximum atomic E-state index is 11.6. The van der Waals surface area contributed by atoms with Crippen molar-refractivity contribution in [3.63, 3.8) is 0 Å². The molecule has 5 nitrogen and oxygen atoms in total. The van der Waals surface area contributed by atoms with E-state index in [2.05, 4.69) is 10.3 Å². The van der Waals surface area contributed by atoms with Gasteiger partial charge in [-0.1, -0.05) is 25.1 Å². The Bertz CT molecular complexity index is 604. The second kappa shape index (κ2) is 5.56. The van der Waals surface area contributed by atoms with Crippen molar-refractivity contribution in [2.75, 3.05) is 0 Å². The molecule has 1 amide bonds. The average molecular weight is 260 g/mol. The smallest absolute Gasteiger partial charge is 0.306 e. The third-order valence-corrected chi connectivity index (χ3v) is 3.06. The second-order valence-electron chi connectivity index (χ2n) is 4.58. The molecule has 1 heterocycles. The van der Waals surface area contributed by atoms with E-state index in [9.17, 15) is 9.59 Å².